The molecule has 8 heteroatoms. The molecule has 0 saturated carbocycles. The maximum absolute atomic E-state index is 12.3. The van der Waals surface area contributed by atoms with Crippen LogP contribution in [0.3, 0.4) is 0 Å². The van der Waals surface area contributed by atoms with Gasteiger partial charge in [-0.1, -0.05) is 17.7 Å². The van der Waals surface area contributed by atoms with E-state index in [4.69, 9.17) is 16.3 Å². The zero-order chi connectivity index (χ0) is 18.4. The van der Waals surface area contributed by atoms with Gasteiger partial charge >= 0.3 is 6.61 Å². The first-order chi connectivity index (χ1) is 11.9. The van der Waals surface area contributed by atoms with Crippen LogP contribution in [0.2, 0.25) is 5.02 Å². The van der Waals surface area contributed by atoms with Crippen LogP contribution in [0.1, 0.15) is 15.9 Å². The van der Waals surface area contributed by atoms with Gasteiger partial charge in [0.05, 0.1) is 12.7 Å². The highest BCUT2D eigenvalue weighted by Crippen LogP contribution is 2.29. The summed E-state index contributed by atoms with van der Waals surface area (Å²) in [6.45, 7) is -2.53. The molecule has 0 unspecified atom stereocenters. The third-order valence-corrected chi connectivity index (χ3v) is 4.45. The van der Waals surface area contributed by atoms with Crippen molar-refractivity contribution >= 4 is 40.1 Å². The minimum absolute atomic E-state index is 0.0268. The summed E-state index contributed by atoms with van der Waals surface area (Å²) >= 11 is 7.92. The maximum Gasteiger partial charge on any atom is 0.387 e. The number of nitrogens with one attached hydrogen (secondary N) is 1. The highest BCUT2D eigenvalue weighted by Gasteiger charge is 2.12. The topological polar surface area (TPSA) is 47.6 Å². The number of halogens is 4. The quantitative estimate of drug-likeness (QED) is 0.591. The van der Waals surface area contributed by atoms with Gasteiger partial charge in [-0.05, 0) is 64.9 Å². The van der Waals surface area contributed by atoms with Gasteiger partial charge < -0.3 is 14.8 Å². The van der Waals surface area contributed by atoms with Crippen LogP contribution in [-0.2, 0) is 6.42 Å². The van der Waals surface area contributed by atoms with E-state index in [1.807, 2.05) is 22.6 Å². The number of carbonyl (C=O) groups is 1. The van der Waals surface area contributed by atoms with Crippen molar-refractivity contribution in [3.8, 4) is 11.5 Å². The summed E-state index contributed by atoms with van der Waals surface area (Å²) in [6.07, 6.45) is 0.515. The number of carbonyl (C=O) groups excluding carboxylic acids is 1. The molecule has 0 fully saturated rings. The molecule has 1 N–H and O–H groups in total. The van der Waals surface area contributed by atoms with Crippen molar-refractivity contribution < 1.29 is 23.0 Å². The van der Waals surface area contributed by atoms with Crippen LogP contribution in [0.15, 0.2) is 36.4 Å². The number of hydrogen-bond acceptors (Lipinski definition) is 3. The number of rotatable bonds is 7. The fourth-order valence-electron chi connectivity index (χ4n) is 2.15. The van der Waals surface area contributed by atoms with Gasteiger partial charge in [0.2, 0.25) is 0 Å². The minimum Gasteiger partial charge on any atom is -0.493 e. The monoisotopic (exact) mass is 481 g/mol. The molecule has 0 bridgehead atoms. The third kappa shape index (κ3) is 5.71. The van der Waals surface area contributed by atoms with E-state index in [1.54, 1.807) is 30.3 Å². The van der Waals surface area contributed by atoms with Crippen molar-refractivity contribution in [1.29, 1.82) is 0 Å². The molecule has 0 aliphatic heterocycles. The molecular weight excluding hydrogens is 467 g/mol. The van der Waals surface area contributed by atoms with E-state index >= 15 is 0 Å². The molecule has 2 aromatic carbocycles. The van der Waals surface area contributed by atoms with Crippen molar-refractivity contribution in [1.82, 2.24) is 5.32 Å². The number of hydrogen-bond donors (Lipinski definition) is 1. The zero-order valence-electron chi connectivity index (χ0n) is 13.2. The van der Waals surface area contributed by atoms with Gasteiger partial charge in [0.1, 0.15) is 0 Å². The number of benzene rings is 2. The third-order valence-electron chi connectivity index (χ3n) is 3.32. The Morgan fingerprint density at radius 1 is 1.24 bits per heavy atom. The number of methoxy groups -OCH3 is 1. The summed E-state index contributed by atoms with van der Waals surface area (Å²) in [5.41, 5.74) is 1.37. The van der Waals surface area contributed by atoms with Crippen LogP contribution >= 0.6 is 34.2 Å². The van der Waals surface area contributed by atoms with E-state index in [9.17, 15) is 13.6 Å². The van der Waals surface area contributed by atoms with Crippen LogP contribution in [0.4, 0.5) is 8.78 Å². The summed E-state index contributed by atoms with van der Waals surface area (Å²) in [5.74, 6) is -0.0111. The van der Waals surface area contributed by atoms with Gasteiger partial charge in [-0.15, -0.1) is 0 Å². The van der Waals surface area contributed by atoms with Crippen molar-refractivity contribution in [3.05, 3.63) is 56.1 Å². The normalized spacial score (nSPS) is 10.6. The fourth-order valence-corrected chi connectivity index (χ4v) is 3.27. The van der Waals surface area contributed by atoms with Crippen molar-refractivity contribution in [3.63, 3.8) is 0 Å². The first kappa shape index (κ1) is 19.7. The van der Waals surface area contributed by atoms with E-state index in [0.717, 1.165) is 9.13 Å². The van der Waals surface area contributed by atoms with Gasteiger partial charge in [0.15, 0.2) is 11.5 Å². The Morgan fingerprint density at radius 3 is 2.64 bits per heavy atom. The average molecular weight is 482 g/mol. The molecule has 4 nitrogen and oxygen atoms in total. The lowest BCUT2D eigenvalue weighted by atomic mass is 10.1. The lowest BCUT2D eigenvalue weighted by Gasteiger charge is -2.12. The van der Waals surface area contributed by atoms with Crippen molar-refractivity contribution in [2.75, 3.05) is 13.7 Å². The molecule has 1 amide bonds. The Hall–Kier alpha value is -1.61. The first-order valence-corrected chi connectivity index (χ1v) is 8.71. The van der Waals surface area contributed by atoms with Gasteiger partial charge in [-0.25, -0.2) is 0 Å². The smallest absolute Gasteiger partial charge is 0.387 e. The Kier molecular flexibility index (Phi) is 7.24. The van der Waals surface area contributed by atoms with Crippen LogP contribution in [0.25, 0.3) is 0 Å². The first-order valence-electron chi connectivity index (χ1n) is 7.25. The van der Waals surface area contributed by atoms with E-state index < -0.39 is 6.61 Å². The Bertz CT molecular complexity index is 759. The predicted molar refractivity (Wildman–Crippen MR) is 99.8 cm³/mol. The second-order valence-corrected chi connectivity index (χ2v) is 6.59. The molecule has 2 aromatic rings. The molecule has 25 heavy (non-hydrogen) atoms. The molecule has 0 heterocycles. The molecule has 0 radical (unpaired) electrons. The minimum atomic E-state index is -2.92. The maximum atomic E-state index is 12.3. The molecule has 0 aromatic heterocycles. The summed E-state index contributed by atoms with van der Waals surface area (Å²) in [5, 5.41) is 3.38. The van der Waals surface area contributed by atoms with Crippen molar-refractivity contribution in [2.45, 2.75) is 13.0 Å². The standard InChI is InChI=1S/C17H15ClF2INO3/c1-24-15-8-10(2-5-14(15)25-17(19)20)6-7-22-16(23)12-4-3-11(18)9-13(12)21/h2-5,8-9,17H,6-7H2,1H3,(H,22,23). The van der Waals surface area contributed by atoms with Gasteiger partial charge in [0.25, 0.3) is 5.91 Å². The molecular formula is C17H15ClF2INO3. The second kappa shape index (κ2) is 9.19. The number of alkyl halides is 2. The van der Waals surface area contributed by atoms with E-state index in [0.29, 0.717) is 23.6 Å². The summed E-state index contributed by atoms with van der Waals surface area (Å²) in [4.78, 5) is 12.2. The number of amides is 1. The molecule has 0 atom stereocenters. The molecule has 0 saturated heterocycles. The summed E-state index contributed by atoms with van der Waals surface area (Å²) in [7, 11) is 1.38. The van der Waals surface area contributed by atoms with Crippen LogP contribution in [0.5, 0.6) is 11.5 Å². The molecule has 0 aliphatic carbocycles. The lowest BCUT2D eigenvalue weighted by Crippen LogP contribution is -2.26. The molecule has 2 rings (SSSR count). The highest BCUT2D eigenvalue weighted by molar-refractivity contribution is 14.1. The van der Waals surface area contributed by atoms with Crippen LogP contribution in [0, 0.1) is 3.57 Å². The van der Waals surface area contributed by atoms with Gasteiger partial charge in [0, 0.05) is 15.1 Å². The van der Waals surface area contributed by atoms with E-state index in [2.05, 4.69) is 10.1 Å². The van der Waals surface area contributed by atoms with E-state index in [1.165, 1.54) is 13.2 Å². The van der Waals surface area contributed by atoms with Crippen LogP contribution in [-0.4, -0.2) is 26.2 Å². The van der Waals surface area contributed by atoms with Gasteiger partial charge in [-0.2, -0.15) is 8.78 Å². The second-order valence-electron chi connectivity index (χ2n) is 4.99. The fraction of sp³-hybridized carbons (Fsp3) is 0.235. The molecule has 0 spiro atoms. The summed E-state index contributed by atoms with van der Waals surface area (Å²) in [6, 6.07) is 9.71. The SMILES string of the molecule is COc1cc(CCNC(=O)c2ccc(Cl)cc2I)ccc1OC(F)F. The highest BCUT2D eigenvalue weighted by atomic mass is 127. The van der Waals surface area contributed by atoms with Gasteiger partial charge in [-0.3, -0.25) is 4.79 Å². The number of ether oxygens (including phenoxy) is 2. The largest absolute Gasteiger partial charge is 0.493 e. The average Bonchev–Trinajstić information content (AvgIpc) is 2.55. The lowest BCUT2D eigenvalue weighted by molar-refractivity contribution is -0.0512. The molecule has 134 valence electrons. The Morgan fingerprint density at radius 2 is 2.00 bits per heavy atom. The zero-order valence-corrected chi connectivity index (χ0v) is 16.1. The molecule has 0 aliphatic rings. The van der Waals surface area contributed by atoms with Crippen molar-refractivity contribution in [2.24, 2.45) is 0 Å². The van der Waals surface area contributed by atoms with E-state index in [-0.39, 0.29) is 17.4 Å². The predicted octanol–water partition coefficient (Wildman–Crippen LogP) is 4.53. The summed E-state index contributed by atoms with van der Waals surface area (Å²) < 4.78 is 34.8. The Balaban J connectivity index is 1.96. The van der Waals surface area contributed by atoms with Crippen LogP contribution < -0.4 is 14.8 Å². The Labute approximate surface area is 162 Å².